The minimum Gasteiger partial charge on any atom is -0.468 e. The van der Waals surface area contributed by atoms with Crippen molar-refractivity contribution in [2.45, 2.75) is 50.8 Å². The zero-order chi connectivity index (χ0) is 24.5. The highest BCUT2D eigenvalue weighted by molar-refractivity contribution is 7.50. The summed E-state index contributed by atoms with van der Waals surface area (Å²) in [4.78, 5) is 44.2. The summed E-state index contributed by atoms with van der Waals surface area (Å²) >= 11 is 0. The monoisotopic (exact) mass is 490 g/mol. The number of aliphatic hydroxyl groups is 2. The number of hydrogen-bond acceptors (Lipinski definition) is 11. The quantitative estimate of drug-likeness (QED) is 0.176. The second-order valence-corrected chi connectivity index (χ2v) is 9.53. The van der Waals surface area contributed by atoms with Crippen molar-refractivity contribution < 1.29 is 38.5 Å². The summed E-state index contributed by atoms with van der Waals surface area (Å²) in [5, 5.41) is 23.0. The van der Waals surface area contributed by atoms with Gasteiger partial charge in [0.1, 0.15) is 24.4 Å². The van der Waals surface area contributed by atoms with E-state index in [0.29, 0.717) is 0 Å². The van der Waals surface area contributed by atoms with Gasteiger partial charge in [-0.2, -0.15) is 4.98 Å². The average Bonchev–Trinajstić information content (AvgIpc) is 3.26. The molecule has 0 aliphatic carbocycles. The Hall–Kier alpha value is -2.39. The molecule has 33 heavy (non-hydrogen) atoms. The first-order valence-corrected chi connectivity index (χ1v) is 11.6. The Labute approximate surface area is 187 Å². The van der Waals surface area contributed by atoms with Crippen LogP contribution in [0.4, 0.5) is 5.95 Å². The fourth-order valence-corrected chi connectivity index (χ4v) is 4.48. The standard InChI is InChI=1S/C17H27N6O9P/c1-7(2)4-8(16(27)30-3)22-33(28,29)31-5-9-11(24)12(25)15(32-9)23-6-19-10-13(23)20-17(18)21-14(10)26/h6-9,11-12,15,24-25H,4-5H2,1-3H3,(H2,22,28,29)(H3,18,20,21,26)/t8-,9+,11+,12+,15+/m0/s1. The molecule has 2 aromatic rings. The van der Waals surface area contributed by atoms with Crippen molar-refractivity contribution in [1.29, 1.82) is 0 Å². The molecule has 0 bridgehead atoms. The lowest BCUT2D eigenvalue weighted by molar-refractivity contribution is -0.143. The van der Waals surface area contributed by atoms with E-state index in [9.17, 15) is 29.3 Å². The molecular formula is C17H27N6O9P. The number of aromatic amines is 1. The molecule has 16 heteroatoms. The molecule has 2 aromatic heterocycles. The number of nitrogens with two attached hydrogens (primary N) is 1. The Morgan fingerprint density at radius 1 is 1.42 bits per heavy atom. The first-order chi connectivity index (χ1) is 15.4. The molecule has 1 fully saturated rings. The molecule has 7 N–H and O–H groups in total. The number of imidazole rings is 1. The number of rotatable bonds is 9. The topological polar surface area (TPSA) is 224 Å². The van der Waals surface area contributed by atoms with Crippen molar-refractivity contribution >= 4 is 30.8 Å². The predicted octanol–water partition coefficient (Wildman–Crippen LogP) is -1.38. The van der Waals surface area contributed by atoms with Crippen molar-refractivity contribution in [2.24, 2.45) is 5.92 Å². The van der Waals surface area contributed by atoms with Crippen LogP contribution in [0.15, 0.2) is 11.1 Å². The fraction of sp³-hybridized carbons (Fsp3) is 0.647. The lowest BCUT2D eigenvalue weighted by atomic mass is 10.1. The Morgan fingerprint density at radius 2 is 2.12 bits per heavy atom. The number of H-pyrrole nitrogens is 1. The van der Waals surface area contributed by atoms with E-state index < -0.39 is 56.5 Å². The minimum absolute atomic E-state index is 0.0115. The molecule has 1 unspecified atom stereocenters. The van der Waals surface area contributed by atoms with Crippen LogP contribution < -0.4 is 16.4 Å². The number of nitrogens with one attached hydrogen (secondary N) is 2. The molecule has 184 valence electrons. The Kier molecular flexibility index (Phi) is 7.53. The molecule has 3 heterocycles. The average molecular weight is 490 g/mol. The first-order valence-electron chi connectivity index (χ1n) is 10.0. The Morgan fingerprint density at radius 3 is 2.76 bits per heavy atom. The number of methoxy groups -OCH3 is 1. The van der Waals surface area contributed by atoms with Crippen molar-refractivity contribution in [2.75, 3.05) is 19.5 Å². The summed E-state index contributed by atoms with van der Waals surface area (Å²) < 4.78 is 28.9. The van der Waals surface area contributed by atoms with Crippen LogP contribution in [-0.4, -0.2) is 78.7 Å². The van der Waals surface area contributed by atoms with E-state index in [-0.39, 0.29) is 29.5 Å². The van der Waals surface area contributed by atoms with E-state index in [0.717, 1.165) is 7.11 Å². The summed E-state index contributed by atoms with van der Waals surface area (Å²) in [5.74, 6) is -0.906. The summed E-state index contributed by atoms with van der Waals surface area (Å²) in [6.45, 7) is 3.04. The normalized spacial score (nSPS) is 25.9. The summed E-state index contributed by atoms with van der Waals surface area (Å²) in [5.41, 5.74) is 4.91. The maximum atomic E-state index is 12.5. The van der Waals surface area contributed by atoms with Gasteiger partial charge in [0.2, 0.25) is 5.95 Å². The molecule has 1 aliphatic rings. The zero-order valence-corrected chi connectivity index (χ0v) is 19.0. The van der Waals surface area contributed by atoms with Gasteiger partial charge in [-0.15, -0.1) is 0 Å². The van der Waals surface area contributed by atoms with Gasteiger partial charge in [0.15, 0.2) is 17.4 Å². The number of aliphatic hydroxyl groups excluding tert-OH is 2. The van der Waals surface area contributed by atoms with Gasteiger partial charge >= 0.3 is 13.7 Å². The van der Waals surface area contributed by atoms with Gasteiger partial charge in [0, 0.05) is 0 Å². The number of esters is 1. The highest BCUT2D eigenvalue weighted by Gasteiger charge is 2.45. The number of fused-ring (bicyclic) bond motifs is 1. The van der Waals surface area contributed by atoms with Gasteiger partial charge in [0.25, 0.3) is 5.56 Å². The summed E-state index contributed by atoms with van der Waals surface area (Å²) in [6, 6.07) is -1.09. The first kappa shape index (κ1) is 25.2. The number of nitrogen functional groups attached to an aromatic ring is 1. The predicted molar refractivity (Wildman–Crippen MR) is 113 cm³/mol. The molecule has 1 saturated heterocycles. The number of nitrogens with zero attached hydrogens (tertiary/aromatic N) is 3. The van der Waals surface area contributed by atoms with E-state index in [1.807, 2.05) is 13.8 Å². The van der Waals surface area contributed by atoms with Gasteiger partial charge in [-0.3, -0.25) is 23.7 Å². The summed E-state index contributed by atoms with van der Waals surface area (Å²) in [6.07, 6.45) is -4.09. The van der Waals surface area contributed by atoms with Gasteiger partial charge < -0.3 is 30.3 Å². The third kappa shape index (κ3) is 5.58. The molecular weight excluding hydrogens is 463 g/mol. The van der Waals surface area contributed by atoms with Crippen LogP contribution in [-0.2, 0) is 23.4 Å². The van der Waals surface area contributed by atoms with Crippen molar-refractivity contribution in [3.05, 3.63) is 16.7 Å². The second kappa shape index (κ2) is 9.85. The Balaban J connectivity index is 1.71. The van der Waals surface area contributed by atoms with E-state index in [1.165, 1.54) is 10.9 Å². The third-order valence-electron chi connectivity index (χ3n) is 4.99. The maximum Gasteiger partial charge on any atom is 0.403 e. The van der Waals surface area contributed by atoms with Crippen LogP contribution in [0.1, 0.15) is 26.5 Å². The maximum absolute atomic E-state index is 12.5. The molecule has 0 amide bonds. The number of ether oxygens (including phenoxy) is 2. The number of carbonyl (C=O) groups is 1. The van der Waals surface area contributed by atoms with Crippen molar-refractivity contribution in [1.82, 2.24) is 24.6 Å². The molecule has 0 spiro atoms. The minimum atomic E-state index is -4.52. The lowest BCUT2D eigenvalue weighted by Crippen LogP contribution is -2.38. The molecule has 15 nitrogen and oxygen atoms in total. The van der Waals surface area contributed by atoms with E-state index in [2.05, 4.69) is 24.8 Å². The second-order valence-electron chi connectivity index (χ2n) is 7.97. The van der Waals surface area contributed by atoms with Crippen molar-refractivity contribution in [3.63, 3.8) is 0 Å². The fourth-order valence-electron chi connectivity index (χ4n) is 3.45. The molecule has 0 aromatic carbocycles. The van der Waals surface area contributed by atoms with E-state index >= 15 is 0 Å². The lowest BCUT2D eigenvalue weighted by Gasteiger charge is -2.23. The van der Waals surface area contributed by atoms with Crippen molar-refractivity contribution in [3.8, 4) is 0 Å². The van der Waals surface area contributed by atoms with Crippen LogP contribution in [0, 0.1) is 5.92 Å². The molecule has 3 rings (SSSR count). The molecule has 0 radical (unpaired) electrons. The molecule has 0 saturated carbocycles. The number of carbonyl (C=O) groups excluding carboxylic acids is 1. The largest absolute Gasteiger partial charge is 0.468 e. The molecule has 6 atom stereocenters. The van der Waals surface area contributed by atoms with Crippen LogP contribution in [0.3, 0.4) is 0 Å². The van der Waals surface area contributed by atoms with Crippen LogP contribution in [0.2, 0.25) is 0 Å². The Bertz CT molecular complexity index is 1100. The third-order valence-corrected chi connectivity index (χ3v) is 6.12. The number of hydrogen-bond donors (Lipinski definition) is 6. The number of anilines is 1. The van der Waals surface area contributed by atoms with Crippen LogP contribution >= 0.6 is 7.75 Å². The number of aromatic nitrogens is 4. The van der Waals surface area contributed by atoms with Crippen LogP contribution in [0.5, 0.6) is 0 Å². The summed E-state index contributed by atoms with van der Waals surface area (Å²) in [7, 11) is -3.37. The molecule has 1 aliphatic heterocycles. The van der Waals surface area contributed by atoms with Gasteiger partial charge in [0.05, 0.1) is 20.0 Å². The van der Waals surface area contributed by atoms with Gasteiger partial charge in [-0.1, -0.05) is 13.8 Å². The SMILES string of the molecule is COC(=O)[C@H](CC(C)C)NP(=O)(O)OC[C@H]1O[C@@H](n2cnc3c(=O)[nH]c(N)nc32)[C@H](O)[C@@H]1O. The zero-order valence-electron chi connectivity index (χ0n) is 18.1. The smallest absolute Gasteiger partial charge is 0.403 e. The van der Waals surface area contributed by atoms with Gasteiger partial charge in [-0.05, 0) is 12.3 Å². The highest BCUT2D eigenvalue weighted by atomic mass is 31.2. The van der Waals surface area contributed by atoms with Gasteiger partial charge in [-0.25, -0.2) is 14.6 Å². The van der Waals surface area contributed by atoms with E-state index in [4.69, 9.17) is 15.0 Å². The highest BCUT2D eigenvalue weighted by Crippen LogP contribution is 2.40. The van der Waals surface area contributed by atoms with E-state index in [1.54, 1.807) is 0 Å². The van der Waals surface area contributed by atoms with Crippen LogP contribution in [0.25, 0.3) is 11.2 Å².